The summed E-state index contributed by atoms with van der Waals surface area (Å²) in [5.41, 5.74) is 2.72. The quantitative estimate of drug-likeness (QED) is 0.657. The summed E-state index contributed by atoms with van der Waals surface area (Å²) in [4.78, 5) is 13.2. The second kappa shape index (κ2) is 5.65. The average molecular weight is 304 g/mol. The molecule has 0 fully saturated rings. The maximum absolute atomic E-state index is 12.9. The van der Waals surface area contributed by atoms with Gasteiger partial charge in [-0.15, -0.1) is 11.3 Å². The predicted octanol–water partition coefficient (Wildman–Crippen LogP) is 3.65. The molecule has 4 nitrogen and oxygen atoms in total. The van der Waals surface area contributed by atoms with Gasteiger partial charge in [0.1, 0.15) is 5.82 Å². The third-order valence-electron chi connectivity index (χ3n) is 3.46. The maximum Gasteiger partial charge on any atom is 0.256 e. The molecule has 108 valence electrons. The van der Waals surface area contributed by atoms with Gasteiger partial charge in [-0.25, -0.2) is 4.39 Å². The molecule has 0 saturated carbocycles. The largest absolute Gasteiger partial charge is 0.411 e. The highest BCUT2D eigenvalue weighted by Gasteiger charge is 2.24. The molecule has 2 N–H and O–H groups in total. The molecule has 0 saturated heterocycles. The summed E-state index contributed by atoms with van der Waals surface area (Å²) < 4.78 is 12.9. The van der Waals surface area contributed by atoms with Crippen LogP contribution in [0.1, 0.15) is 33.6 Å². The lowest BCUT2D eigenvalue weighted by atomic mass is 9.94. The summed E-state index contributed by atoms with van der Waals surface area (Å²) in [5.74, 6) is -0.567. The average Bonchev–Trinajstić information content (AvgIpc) is 2.93. The molecular formula is C15H13FN2O2S. The Hall–Kier alpha value is -2.21. The van der Waals surface area contributed by atoms with Crippen LogP contribution in [0.15, 0.2) is 34.8 Å². The number of nitrogens with one attached hydrogen (secondary N) is 1. The highest BCUT2D eigenvalue weighted by molar-refractivity contribution is 7.12. The molecule has 21 heavy (non-hydrogen) atoms. The molecule has 1 aromatic heterocycles. The van der Waals surface area contributed by atoms with E-state index in [2.05, 4.69) is 10.5 Å². The zero-order valence-corrected chi connectivity index (χ0v) is 11.9. The second-order valence-electron chi connectivity index (χ2n) is 4.82. The molecule has 2 aromatic rings. The minimum atomic E-state index is -0.343. The Labute approximate surface area is 124 Å². The van der Waals surface area contributed by atoms with Gasteiger partial charge in [0.2, 0.25) is 0 Å². The standard InChI is InChI=1S/C15H13FN2O2S/c16-9-4-6-10(7-5-9)17-15(19)12-8-21-14-11(12)2-1-3-13(14)18-20/h4-8,20H,1-3H2,(H,17,19)/b18-13-. The number of fused-ring (bicyclic) bond motifs is 1. The van der Waals surface area contributed by atoms with Crippen molar-refractivity contribution in [3.63, 3.8) is 0 Å². The number of hydrogen-bond acceptors (Lipinski definition) is 4. The number of carbonyl (C=O) groups excluding carboxylic acids is 1. The molecule has 1 aliphatic carbocycles. The number of rotatable bonds is 2. The number of anilines is 1. The van der Waals surface area contributed by atoms with Crippen LogP contribution in [0.3, 0.4) is 0 Å². The molecule has 0 spiro atoms. The van der Waals surface area contributed by atoms with E-state index in [-0.39, 0.29) is 11.7 Å². The predicted molar refractivity (Wildman–Crippen MR) is 79.9 cm³/mol. The number of oxime groups is 1. The van der Waals surface area contributed by atoms with Crippen LogP contribution in [0.2, 0.25) is 0 Å². The third-order valence-corrected chi connectivity index (χ3v) is 4.54. The number of amides is 1. The van der Waals surface area contributed by atoms with Crippen LogP contribution in [0.4, 0.5) is 10.1 Å². The highest BCUT2D eigenvalue weighted by atomic mass is 32.1. The molecule has 0 aliphatic heterocycles. The van der Waals surface area contributed by atoms with Crippen LogP contribution in [0.25, 0.3) is 0 Å². The molecule has 0 bridgehead atoms. The Morgan fingerprint density at radius 1 is 1.29 bits per heavy atom. The van der Waals surface area contributed by atoms with Gasteiger partial charge in [0.15, 0.2) is 0 Å². The SMILES string of the molecule is O=C(Nc1ccc(F)cc1)c1csc2c1CCC/C2=N/O. The number of carbonyl (C=O) groups is 1. The van der Waals surface area contributed by atoms with Crippen molar-refractivity contribution < 1.29 is 14.4 Å². The number of benzene rings is 1. The van der Waals surface area contributed by atoms with Crippen molar-refractivity contribution in [3.8, 4) is 0 Å². The van der Waals surface area contributed by atoms with Crippen LogP contribution in [0, 0.1) is 5.82 Å². The summed E-state index contributed by atoms with van der Waals surface area (Å²) in [7, 11) is 0. The summed E-state index contributed by atoms with van der Waals surface area (Å²) >= 11 is 1.41. The van der Waals surface area contributed by atoms with Gasteiger partial charge in [-0.05, 0) is 49.1 Å². The molecule has 1 amide bonds. The fourth-order valence-electron chi connectivity index (χ4n) is 2.44. The Kier molecular flexibility index (Phi) is 3.70. The van der Waals surface area contributed by atoms with Gasteiger partial charge < -0.3 is 10.5 Å². The fourth-order valence-corrected chi connectivity index (χ4v) is 3.55. The van der Waals surface area contributed by atoms with Crippen molar-refractivity contribution in [2.75, 3.05) is 5.32 Å². The molecular weight excluding hydrogens is 291 g/mol. The topological polar surface area (TPSA) is 61.7 Å². The normalized spacial score (nSPS) is 15.8. The van der Waals surface area contributed by atoms with Crippen LogP contribution in [-0.4, -0.2) is 16.8 Å². The zero-order chi connectivity index (χ0) is 14.8. The minimum Gasteiger partial charge on any atom is -0.411 e. The first-order valence-electron chi connectivity index (χ1n) is 6.57. The van der Waals surface area contributed by atoms with Crippen LogP contribution < -0.4 is 5.32 Å². The van der Waals surface area contributed by atoms with Crippen LogP contribution in [0.5, 0.6) is 0 Å². The van der Waals surface area contributed by atoms with Crippen molar-refractivity contribution in [2.24, 2.45) is 5.16 Å². The van der Waals surface area contributed by atoms with E-state index in [0.29, 0.717) is 17.0 Å². The van der Waals surface area contributed by atoms with E-state index in [0.717, 1.165) is 29.7 Å². The van der Waals surface area contributed by atoms with E-state index in [9.17, 15) is 9.18 Å². The van der Waals surface area contributed by atoms with E-state index in [1.54, 1.807) is 5.38 Å². The summed E-state index contributed by atoms with van der Waals surface area (Å²) in [6.07, 6.45) is 2.38. The van der Waals surface area contributed by atoms with E-state index < -0.39 is 0 Å². The van der Waals surface area contributed by atoms with Gasteiger partial charge in [0, 0.05) is 11.1 Å². The van der Waals surface area contributed by atoms with Crippen molar-refractivity contribution >= 4 is 28.6 Å². The van der Waals surface area contributed by atoms with Gasteiger partial charge in [-0.3, -0.25) is 4.79 Å². The minimum absolute atomic E-state index is 0.224. The van der Waals surface area contributed by atoms with Gasteiger partial charge in [-0.1, -0.05) is 5.16 Å². The smallest absolute Gasteiger partial charge is 0.256 e. The summed E-state index contributed by atoms with van der Waals surface area (Å²) in [5, 5.41) is 16.8. The summed E-state index contributed by atoms with van der Waals surface area (Å²) in [6, 6.07) is 5.64. The molecule has 0 unspecified atom stereocenters. The highest BCUT2D eigenvalue weighted by Crippen LogP contribution is 2.31. The van der Waals surface area contributed by atoms with Gasteiger partial charge >= 0.3 is 0 Å². The number of halogens is 1. The Morgan fingerprint density at radius 3 is 2.76 bits per heavy atom. The zero-order valence-electron chi connectivity index (χ0n) is 11.1. The monoisotopic (exact) mass is 304 g/mol. The molecule has 1 aliphatic rings. The first-order valence-corrected chi connectivity index (χ1v) is 7.45. The molecule has 1 aromatic carbocycles. The first-order chi connectivity index (χ1) is 10.2. The van der Waals surface area contributed by atoms with Gasteiger partial charge in [-0.2, -0.15) is 0 Å². The fraction of sp³-hybridized carbons (Fsp3) is 0.200. The van der Waals surface area contributed by atoms with E-state index in [4.69, 9.17) is 5.21 Å². The third kappa shape index (κ3) is 2.67. The van der Waals surface area contributed by atoms with Crippen molar-refractivity contribution in [3.05, 3.63) is 51.5 Å². The van der Waals surface area contributed by atoms with E-state index >= 15 is 0 Å². The molecule has 0 radical (unpaired) electrons. The molecule has 1 heterocycles. The van der Waals surface area contributed by atoms with Gasteiger partial charge in [0.05, 0.1) is 16.2 Å². The second-order valence-corrected chi connectivity index (χ2v) is 5.70. The van der Waals surface area contributed by atoms with Crippen LogP contribution in [-0.2, 0) is 6.42 Å². The van der Waals surface area contributed by atoms with E-state index in [1.807, 2.05) is 0 Å². The maximum atomic E-state index is 12.9. The lowest BCUT2D eigenvalue weighted by molar-refractivity contribution is 0.102. The van der Waals surface area contributed by atoms with E-state index in [1.165, 1.54) is 35.6 Å². The van der Waals surface area contributed by atoms with Crippen LogP contribution >= 0.6 is 11.3 Å². The Balaban J connectivity index is 1.86. The Morgan fingerprint density at radius 2 is 2.05 bits per heavy atom. The number of thiophene rings is 1. The number of nitrogens with zero attached hydrogens (tertiary/aromatic N) is 1. The molecule has 0 atom stereocenters. The van der Waals surface area contributed by atoms with Crippen molar-refractivity contribution in [2.45, 2.75) is 19.3 Å². The number of hydrogen-bond donors (Lipinski definition) is 2. The van der Waals surface area contributed by atoms with Crippen molar-refractivity contribution in [1.82, 2.24) is 0 Å². The first kappa shape index (κ1) is 13.8. The molecule has 6 heteroatoms. The lowest BCUT2D eigenvalue weighted by Crippen LogP contribution is -2.16. The van der Waals surface area contributed by atoms with Gasteiger partial charge in [0.25, 0.3) is 5.91 Å². The summed E-state index contributed by atoms with van der Waals surface area (Å²) in [6.45, 7) is 0. The lowest BCUT2D eigenvalue weighted by Gasteiger charge is -2.14. The van der Waals surface area contributed by atoms with Crippen molar-refractivity contribution in [1.29, 1.82) is 0 Å². The molecule has 3 rings (SSSR count). The Bertz CT molecular complexity index is 707.